The molecule has 0 unspecified atom stereocenters. The highest BCUT2D eigenvalue weighted by Crippen LogP contribution is 2.30. The first kappa shape index (κ1) is 23.9. The number of nitrogens with zero attached hydrogens (tertiary/aromatic N) is 5. The molecular weight excluding hydrogens is 456 g/mol. The number of rotatable bonds is 10. The lowest BCUT2D eigenvalue weighted by molar-refractivity contribution is 0.102. The van der Waals surface area contributed by atoms with Gasteiger partial charge in [-0.1, -0.05) is 18.9 Å². The number of aryl methyl sites for hydroxylation is 1. The Hall–Kier alpha value is -3.85. The number of fused-ring (bicyclic) bond motifs is 1. The summed E-state index contributed by atoms with van der Waals surface area (Å²) in [4.78, 5) is 30.4. The summed E-state index contributed by atoms with van der Waals surface area (Å²) in [5.74, 6) is 1.64. The van der Waals surface area contributed by atoms with E-state index in [-0.39, 0.29) is 11.6 Å². The molecule has 186 valence electrons. The van der Waals surface area contributed by atoms with Crippen LogP contribution in [0.5, 0.6) is 5.75 Å². The van der Waals surface area contributed by atoms with Crippen LogP contribution in [0, 0.1) is 6.92 Å². The van der Waals surface area contributed by atoms with E-state index in [9.17, 15) is 4.79 Å². The smallest absolute Gasteiger partial charge is 0.252 e. The molecule has 4 aromatic heterocycles. The quantitative estimate of drug-likeness (QED) is 0.329. The maximum Gasteiger partial charge on any atom is 0.252 e. The molecule has 0 amide bonds. The molecule has 1 aliphatic carbocycles. The van der Waals surface area contributed by atoms with Crippen molar-refractivity contribution in [3.8, 4) is 5.75 Å². The van der Waals surface area contributed by atoms with E-state index < -0.39 is 0 Å². The Labute approximate surface area is 209 Å². The predicted octanol–water partition coefficient (Wildman–Crippen LogP) is 4.39. The van der Waals surface area contributed by atoms with Crippen LogP contribution in [0.25, 0.3) is 11.0 Å². The van der Waals surface area contributed by atoms with E-state index in [4.69, 9.17) is 9.47 Å². The third kappa shape index (κ3) is 5.85. The number of nitrogens with one attached hydrogen (secondary N) is 1. The molecule has 1 saturated carbocycles. The summed E-state index contributed by atoms with van der Waals surface area (Å²) in [7, 11) is 0. The van der Waals surface area contributed by atoms with Gasteiger partial charge in [0.1, 0.15) is 23.8 Å². The molecule has 0 radical (unpaired) electrons. The van der Waals surface area contributed by atoms with Crippen molar-refractivity contribution in [1.29, 1.82) is 0 Å². The highest BCUT2D eigenvalue weighted by atomic mass is 16.5. The minimum Gasteiger partial charge on any atom is -0.490 e. The van der Waals surface area contributed by atoms with Gasteiger partial charge in [-0.3, -0.25) is 14.3 Å². The average Bonchev–Trinajstić information content (AvgIpc) is 3.42. The highest BCUT2D eigenvalue weighted by Gasteiger charge is 2.20. The van der Waals surface area contributed by atoms with E-state index in [1.165, 1.54) is 0 Å². The molecule has 0 aromatic carbocycles. The van der Waals surface area contributed by atoms with Crippen molar-refractivity contribution in [2.75, 3.05) is 25.1 Å². The SMILES string of the molecule is Cc1ccc(CCOCCOc2ccc(Nc3ncc4ccc(=O)n(C5CCCC5)c4n3)nc2)nc1. The van der Waals surface area contributed by atoms with Gasteiger partial charge in [0.2, 0.25) is 5.95 Å². The summed E-state index contributed by atoms with van der Waals surface area (Å²) in [6, 6.07) is 11.3. The maximum absolute atomic E-state index is 12.6. The second-order valence-corrected chi connectivity index (χ2v) is 8.99. The van der Waals surface area contributed by atoms with Crippen LogP contribution in [-0.4, -0.2) is 44.3 Å². The summed E-state index contributed by atoms with van der Waals surface area (Å²) in [6.07, 6.45) is 10.3. The monoisotopic (exact) mass is 486 g/mol. The largest absolute Gasteiger partial charge is 0.490 e. The van der Waals surface area contributed by atoms with Gasteiger partial charge in [-0.2, -0.15) is 4.98 Å². The Morgan fingerprint density at radius 1 is 0.944 bits per heavy atom. The zero-order valence-electron chi connectivity index (χ0n) is 20.4. The van der Waals surface area contributed by atoms with Gasteiger partial charge < -0.3 is 14.8 Å². The minimum absolute atomic E-state index is 0.0190. The van der Waals surface area contributed by atoms with Crippen LogP contribution >= 0.6 is 0 Å². The van der Waals surface area contributed by atoms with Crippen molar-refractivity contribution >= 4 is 22.8 Å². The van der Waals surface area contributed by atoms with Crippen LogP contribution in [0.2, 0.25) is 0 Å². The Kier molecular flexibility index (Phi) is 7.47. The van der Waals surface area contributed by atoms with Gasteiger partial charge in [-0.05, 0) is 49.6 Å². The molecule has 4 aromatic rings. The molecule has 1 fully saturated rings. The molecular formula is C27H30N6O3. The van der Waals surface area contributed by atoms with Crippen LogP contribution in [0.3, 0.4) is 0 Å². The Morgan fingerprint density at radius 2 is 1.83 bits per heavy atom. The zero-order chi connectivity index (χ0) is 24.7. The van der Waals surface area contributed by atoms with E-state index in [1.807, 2.05) is 35.9 Å². The fourth-order valence-corrected chi connectivity index (χ4v) is 4.41. The first-order valence-electron chi connectivity index (χ1n) is 12.4. The molecule has 0 atom stereocenters. The van der Waals surface area contributed by atoms with Crippen LogP contribution in [0.15, 0.2) is 59.8 Å². The molecule has 9 heteroatoms. The number of hydrogen-bond acceptors (Lipinski definition) is 8. The zero-order valence-corrected chi connectivity index (χ0v) is 20.4. The molecule has 9 nitrogen and oxygen atoms in total. The predicted molar refractivity (Wildman–Crippen MR) is 138 cm³/mol. The fraction of sp³-hybridized carbons (Fsp3) is 0.370. The molecule has 0 aliphatic heterocycles. The van der Waals surface area contributed by atoms with Crippen molar-refractivity contribution < 1.29 is 9.47 Å². The molecule has 1 aliphatic rings. The summed E-state index contributed by atoms with van der Waals surface area (Å²) in [6.45, 7) is 3.54. The lowest BCUT2D eigenvalue weighted by Crippen LogP contribution is -2.23. The molecule has 4 heterocycles. The third-order valence-electron chi connectivity index (χ3n) is 6.30. The summed E-state index contributed by atoms with van der Waals surface area (Å²) < 4.78 is 13.2. The third-order valence-corrected chi connectivity index (χ3v) is 6.30. The van der Waals surface area contributed by atoms with Crippen molar-refractivity contribution in [1.82, 2.24) is 24.5 Å². The Balaban J connectivity index is 1.13. The van der Waals surface area contributed by atoms with E-state index in [0.717, 1.165) is 48.7 Å². The Morgan fingerprint density at radius 3 is 2.61 bits per heavy atom. The average molecular weight is 487 g/mol. The number of aromatic nitrogens is 5. The molecule has 36 heavy (non-hydrogen) atoms. The second-order valence-electron chi connectivity index (χ2n) is 8.99. The van der Waals surface area contributed by atoms with Crippen LogP contribution in [0.4, 0.5) is 11.8 Å². The van der Waals surface area contributed by atoms with Crippen LogP contribution in [0.1, 0.15) is 43.0 Å². The first-order valence-corrected chi connectivity index (χ1v) is 12.4. The molecule has 5 rings (SSSR count). The fourth-order valence-electron chi connectivity index (χ4n) is 4.41. The molecule has 0 spiro atoms. The van der Waals surface area contributed by atoms with Crippen LogP contribution in [-0.2, 0) is 11.2 Å². The van der Waals surface area contributed by atoms with Gasteiger partial charge in [-0.25, -0.2) is 9.97 Å². The summed E-state index contributed by atoms with van der Waals surface area (Å²) >= 11 is 0. The number of ether oxygens (including phenoxy) is 2. The Bertz CT molecular complexity index is 1350. The first-order chi connectivity index (χ1) is 17.7. The lowest BCUT2D eigenvalue weighted by atomic mass is 10.2. The summed E-state index contributed by atoms with van der Waals surface area (Å²) in [5, 5.41) is 3.98. The van der Waals surface area contributed by atoms with Crippen molar-refractivity contribution in [2.24, 2.45) is 0 Å². The van der Waals surface area contributed by atoms with Crippen molar-refractivity contribution in [3.05, 3.63) is 76.6 Å². The maximum atomic E-state index is 12.6. The number of anilines is 2. The minimum atomic E-state index is -0.0190. The van der Waals surface area contributed by atoms with E-state index >= 15 is 0 Å². The number of pyridine rings is 3. The molecule has 0 saturated heterocycles. The van der Waals surface area contributed by atoms with Crippen molar-refractivity contribution in [3.63, 3.8) is 0 Å². The van der Waals surface area contributed by atoms with Gasteiger partial charge in [0.15, 0.2) is 0 Å². The molecule has 0 bridgehead atoms. The van der Waals surface area contributed by atoms with Gasteiger partial charge in [0, 0.05) is 42.0 Å². The topological polar surface area (TPSA) is 104 Å². The molecule has 1 N–H and O–H groups in total. The van der Waals surface area contributed by atoms with Gasteiger partial charge in [-0.15, -0.1) is 0 Å². The van der Waals surface area contributed by atoms with E-state index in [1.54, 1.807) is 24.5 Å². The standard InChI is InChI=1S/C27H30N6O3/c1-19-6-8-21(28-16-19)12-13-35-14-15-36-23-9-10-24(29-18-23)31-27-30-17-20-7-11-25(34)33(26(20)32-27)22-4-2-3-5-22/h6-11,16-18,22H,2-5,12-15H2,1H3,(H,29,30,31,32). The highest BCUT2D eigenvalue weighted by molar-refractivity contribution is 5.75. The van der Waals surface area contributed by atoms with Gasteiger partial charge in [0.05, 0.1) is 19.4 Å². The van der Waals surface area contributed by atoms with Gasteiger partial charge >= 0.3 is 0 Å². The normalized spacial score (nSPS) is 13.8. The van der Waals surface area contributed by atoms with Crippen molar-refractivity contribution in [2.45, 2.75) is 45.1 Å². The summed E-state index contributed by atoms with van der Waals surface area (Å²) in [5.41, 5.74) is 2.81. The van der Waals surface area contributed by atoms with E-state index in [2.05, 4.69) is 31.3 Å². The number of hydrogen-bond donors (Lipinski definition) is 1. The van der Waals surface area contributed by atoms with E-state index in [0.29, 0.717) is 43.0 Å². The second kappa shape index (κ2) is 11.3. The van der Waals surface area contributed by atoms with Gasteiger partial charge in [0.25, 0.3) is 5.56 Å². The van der Waals surface area contributed by atoms with Crippen LogP contribution < -0.4 is 15.6 Å². The lowest BCUT2D eigenvalue weighted by Gasteiger charge is -2.16.